The van der Waals surface area contributed by atoms with E-state index in [1.54, 1.807) is 0 Å². The van der Waals surface area contributed by atoms with Crippen molar-refractivity contribution in [2.75, 3.05) is 6.61 Å². The Balaban J connectivity index is 2.75. The zero-order chi connectivity index (χ0) is 7.11. The first-order valence-electron chi connectivity index (χ1n) is 3.22. The van der Waals surface area contributed by atoms with Crippen molar-refractivity contribution in [2.24, 2.45) is 0 Å². The molecule has 0 aliphatic rings. The van der Waals surface area contributed by atoms with Gasteiger partial charge in [-0.15, -0.1) is 0 Å². The standard InChI is InChI=1S/C5H11O.2CH3.Au/c1-2-3-4-5-6;;;/h2-5H2,1H3;2*1H3;/q-1;;;+1. The van der Waals surface area contributed by atoms with E-state index in [-0.39, 0.29) is 0 Å². The number of rotatable bonds is 5. The van der Waals surface area contributed by atoms with E-state index in [0.717, 1.165) is 6.61 Å². The van der Waals surface area contributed by atoms with E-state index in [1.807, 2.05) is 0 Å². The van der Waals surface area contributed by atoms with Gasteiger partial charge in [0.1, 0.15) is 0 Å². The SMILES string of the molecule is CCCCC[O][Au]([CH3])[CH3]. The maximum atomic E-state index is 5.49. The van der Waals surface area contributed by atoms with Crippen molar-refractivity contribution in [3.63, 3.8) is 0 Å². The van der Waals surface area contributed by atoms with Crippen molar-refractivity contribution >= 4 is 0 Å². The summed E-state index contributed by atoms with van der Waals surface area (Å²) in [6.07, 6.45) is 3.87. The van der Waals surface area contributed by atoms with Crippen LogP contribution in [0, 0.1) is 0 Å². The molecule has 0 spiro atoms. The van der Waals surface area contributed by atoms with Crippen LogP contribution in [0.1, 0.15) is 26.2 Å². The molecule has 0 saturated heterocycles. The van der Waals surface area contributed by atoms with E-state index in [4.69, 9.17) is 3.24 Å². The van der Waals surface area contributed by atoms with Crippen LogP contribution in [0.5, 0.6) is 0 Å². The minimum absolute atomic E-state index is 0.788. The van der Waals surface area contributed by atoms with E-state index in [0.29, 0.717) is 0 Å². The second kappa shape index (κ2) is 6.82. The van der Waals surface area contributed by atoms with Crippen molar-refractivity contribution in [2.45, 2.75) is 36.5 Å². The van der Waals surface area contributed by atoms with Gasteiger partial charge in [-0.1, -0.05) is 0 Å². The first kappa shape index (κ1) is 9.70. The Labute approximate surface area is 65.4 Å². The van der Waals surface area contributed by atoms with Crippen LogP contribution in [-0.2, 0) is 22.1 Å². The maximum absolute atomic E-state index is 5.49. The van der Waals surface area contributed by atoms with Crippen LogP contribution < -0.4 is 0 Å². The predicted molar refractivity (Wildman–Crippen MR) is 37.2 cm³/mol. The molecule has 0 aliphatic heterocycles. The minimum atomic E-state index is -0.788. The van der Waals surface area contributed by atoms with Gasteiger partial charge in [-0.25, -0.2) is 0 Å². The fraction of sp³-hybridized carbons (Fsp3) is 1.00. The monoisotopic (exact) mass is 314 g/mol. The molecule has 0 heterocycles. The first-order chi connectivity index (χ1) is 4.27. The second-order valence-electron chi connectivity index (χ2n) is 2.05. The van der Waals surface area contributed by atoms with E-state index in [2.05, 4.69) is 17.2 Å². The zero-order valence-electron chi connectivity index (χ0n) is 6.54. The Morgan fingerprint density at radius 1 is 1.22 bits per heavy atom. The molecule has 1 nitrogen and oxygen atoms in total. The van der Waals surface area contributed by atoms with E-state index < -0.39 is 18.8 Å². The molecule has 0 fully saturated rings. The third-order valence-electron chi connectivity index (χ3n) is 0.984. The summed E-state index contributed by atoms with van der Waals surface area (Å²) in [7, 11) is 0. The summed E-state index contributed by atoms with van der Waals surface area (Å²) >= 11 is -0.788. The summed E-state index contributed by atoms with van der Waals surface area (Å²) in [4.78, 5) is 0. The molecule has 0 aromatic carbocycles. The number of hydrogen-bond acceptors (Lipinski definition) is 1. The average molecular weight is 314 g/mol. The van der Waals surface area contributed by atoms with Gasteiger partial charge < -0.3 is 0 Å². The second-order valence-corrected chi connectivity index (χ2v) is 6.61. The quantitative estimate of drug-likeness (QED) is 0.560. The summed E-state index contributed by atoms with van der Waals surface area (Å²) in [5, 5.41) is 4.45. The van der Waals surface area contributed by atoms with Gasteiger partial charge in [-0.3, -0.25) is 0 Å². The predicted octanol–water partition coefficient (Wildman–Crippen LogP) is 2.82. The molecule has 0 aromatic rings. The van der Waals surface area contributed by atoms with Crippen LogP contribution in [0.4, 0.5) is 0 Å². The fourth-order valence-corrected chi connectivity index (χ4v) is 1.72. The van der Waals surface area contributed by atoms with Crippen LogP contribution >= 0.6 is 0 Å². The summed E-state index contributed by atoms with van der Waals surface area (Å²) in [5.74, 6) is 0. The molecule has 0 bridgehead atoms. The molecular formula is C7H17AuO. The molecule has 0 aliphatic carbocycles. The Hall–Kier alpha value is 0.700. The molecule has 0 saturated carbocycles. The van der Waals surface area contributed by atoms with Crippen molar-refractivity contribution in [3.8, 4) is 0 Å². The Kier molecular flexibility index (Phi) is 7.35. The summed E-state index contributed by atoms with van der Waals surface area (Å²) in [6.45, 7) is 3.22. The fourth-order valence-electron chi connectivity index (χ4n) is 0.519. The normalized spacial score (nSPS) is 11.7. The summed E-state index contributed by atoms with van der Waals surface area (Å²) in [6, 6.07) is 0. The van der Waals surface area contributed by atoms with Crippen LogP contribution in [0.3, 0.4) is 0 Å². The molecule has 0 rings (SSSR count). The van der Waals surface area contributed by atoms with Gasteiger partial charge in [0, 0.05) is 0 Å². The van der Waals surface area contributed by atoms with E-state index in [9.17, 15) is 0 Å². The van der Waals surface area contributed by atoms with Crippen LogP contribution in [0.15, 0.2) is 0 Å². The van der Waals surface area contributed by atoms with Crippen molar-refractivity contribution < 1.29 is 22.1 Å². The molecule has 0 N–H and O–H groups in total. The number of unbranched alkanes of at least 4 members (excludes halogenated alkanes) is 2. The van der Waals surface area contributed by atoms with E-state index in [1.165, 1.54) is 19.3 Å². The molecular weight excluding hydrogens is 297 g/mol. The molecule has 0 radical (unpaired) electrons. The van der Waals surface area contributed by atoms with Crippen LogP contribution in [0.25, 0.3) is 0 Å². The van der Waals surface area contributed by atoms with Gasteiger partial charge in [0.25, 0.3) is 0 Å². The zero-order valence-corrected chi connectivity index (χ0v) is 8.70. The van der Waals surface area contributed by atoms with Gasteiger partial charge in [0.15, 0.2) is 0 Å². The van der Waals surface area contributed by atoms with Crippen LogP contribution in [-0.4, -0.2) is 6.61 Å². The molecule has 0 amide bonds. The third kappa shape index (κ3) is 8.70. The van der Waals surface area contributed by atoms with Gasteiger partial charge in [-0.2, -0.15) is 0 Å². The molecule has 2 heteroatoms. The molecule has 0 atom stereocenters. The van der Waals surface area contributed by atoms with Crippen molar-refractivity contribution in [1.29, 1.82) is 0 Å². The summed E-state index contributed by atoms with van der Waals surface area (Å²) < 4.78 is 5.49. The topological polar surface area (TPSA) is 9.23 Å². The first-order valence-corrected chi connectivity index (χ1v) is 8.44. The molecule has 62 valence electrons. The number of hydrogen-bond donors (Lipinski definition) is 0. The van der Waals surface area contributed by atoms with Gasteiger partial charge in [0.2, 0.25) is 0 Å². The summed E-state index contributed by atoms with van der Waals surface area (Å²) in [5.41, 5.74) is 0. The van der Waals surface area contributed by atoms with Gasteiger partial charge in [0.05, 0.1) is 0 Å². The Bertz CT molecular complexity index is 54.9. The average Bonchev–Trinajstić information content (AvgIpc) is 1.80. The third-order valence-corrected chi connectivity index (χ3v) is 2.68. The Morgan fingerprint density at radius 3 is 2.33 bits per heavy atom. The van der Waals surface area contributed by atoms with E-state index >= 15 is 0 Å². The van der Waals surface area contributed by atoms with Gasteiger partial charge in [-0.05, 0) is 0 Å². The molecule has 0 aromatic heterocycles. The van der Waals surface area contributed by atoms with Crippen molar-refractivity contribution in [1.82, 2.24) is 0 Å². The molecule has 0 unspecified atom stereocenters. The Morgan fingerprint density at radius 2 is 1.89 bits per heavy atom. The van der Waals surface area contributed by atoms with Gasteiger partial charge >= 0.3 is 65.2 Å². The van der Waals surface area contributed by atoms with Crippen LogP contribution in [0.2, 0.25) is 10.3 Å². The van der Waals surface area contributed by atoms with Crippen molar-refractivity contribution in [3.05, 3.63) is 0 Å². The molecule has 9 heavy (non-hydrogen) atoms.